The fourth-order valence-corrected chi connectivity index (χ4v) is 7.33. The lowest BCUT2D eigenvalue weighted by molar-refractivity contribution is -0.171. The van der Waals surface area contributed by atoms with E-state index in [2.05, 4.69) is 0 Å². The van der Waals surface area contributed by atoms with Crippen LogP contribution in [0.25, 0.3) is 10.5 Å². The van der Waals surface area contributed by atoms with Crippen LogP contribution in [0.15, 0.2) is 57.7 Å². The Labute approximate surface area is 232 Å². The number of benzene rings is 2. The second-order valence-corrected chi connectivity index (χ2v) is 11.5. The van der Waals surface area contributed by atoms with Crippen molar-refractivity contribution < 1.29 is 32.2 Å². The molecule has 2 aliphatic rings. The van der Waals surface area contributed by atoms with E-state index in [1.54, 1.807) is 19.9 Å². The number of fused-ring (bicyclic) bond motifs is 1. The molecule has 2 aliphatic heterocycles. The molecule has 2 aromatic carbocycles. The van der Waals surface area contributed by atoms with Crippen LogP contribution in [0.3, 0.4) is 0 Å². The molecule has 11 heteroatoms. The number of hydrogen-bond acceptors (Lipinski definition) is 7. The molecule has 0 aromatic heterocycles. The number of hydrogen-bond donors (Lipinski definition) is 0. The number of alkyl halides is 3. The lowest BCUT2D eigenvalue weighted by Crippen LogP contribution is -2.59. The SMILES string of the molecule is CCOC(=O)C1=C(c2ccccc2)S/C(=C2/C(=S)C(C)(C)N(C(=O)C(F)(F)F)c3ccc(OCC)cc32)S1. The molecule has 0 atom stereocenters. The first-order valence-corrected chi connectivity index (χ1v) is 13.8. The van der Waals surface area contributed by atoms with Gasteiger partial charge in [0.15, 0.2) is 0 Å². The predicted molar refractivity (Wildman–Crippen MR) is 150 cm³/mol. The minimum atomic E-state index is -5.11. The summed E-state index contributed by atoms with van der Waals surface area (Å²) in [6, 6.07) is 13.8. The number of anilines is 1. The Kier molecular flexibility index (Phi) is 8.02. The van der Waals surface area contributed by atoms with E-state index in [0.29, 0.717) is 42.4 Å². The number of thiocarbonyl (C=S) groups is 1. The van der Waals surface area contributed by atoms with E-state index in [9.17, 15) is 22.8 Å². The molecule has 38 heavy (non-hydrogen) atoms. The third kappa shape index (κ3) is 5.11. The first-order valence-electron chi connectivity index (χ1n) is 11.7. The Hall–Kier alpha value is -2.76. The minimum Gasteiger partial charge on any atom is -0.494 e. The molecule has 0 spiro atoms. The second kappa shape index (κ2) is 10.8. The van der Waals surface area contributed by atoms with Gasteiger partial charge < -0.3 is 9.47 Å². The summed E-state index contributed by atoms with van der Waals surface area (Å²) in [6.07, 6.45) is -5.11. The van der Waals surface area contributed by atoms with Gasteiger partial charge in [0.25, 0.3) is 0 Å². The first kappa shape index (κ1) is 28.3. The number of halogens is 3. The van der Waals surface area contributed by atoms with Crippen LogP contribution in [0.4, 0.5) is 18.9 Å². The maximum Gasteiger partial charge on any atom is 0.471 e. The van der Waals surface area contributed by atoms with E-state index in [4.69, 9.17) is 21.7 Å². The van der Waals surface area contributed by atoms with Gasteiger partial charge in [-0.15, -0.1) is 0 Å². The fourth-order valence-electron chi connectivity index (χ4n) is 4.20. The maximum atomic E-state index is 13.7. The molecule has 0 saturated heterocycles. The molecule has 0 radical (unpaired) electrons. The minimum absolute atomic E-state index is 0.0592. The molecule has 0 bridgehead atoms. The Morgan fingerprint density at radius 1 is 1.03 bits per heavy atom. The average molecular weight is 580 g/mol. The molecule has 0 saturated carbocycles. The van der Waals surface area contributed by atoms with E-state index in [-0.39, 0.29) is 17.2 Å². The largest absolute Gasteiger partial charge is 0.494 e. The molecule has 0 N–H and O–H groups in total. The average Bonchev–Trinajstić information content (AvgIpc) is 3.30. The van der Waals surface area contributed by atoms with Crippen molar-refractivity contribution >= 4 is 68.6 Å². The van der Waals surface area contributed by atoms with Gasteiger partial charge >= 0.3 is 18.1 Å². The van der Waals surface area contributed by atoms with Crippen molar-refractivity contribution in [2.45, 2.75) is 39.4 Å². The van der Waals surface area contributed by atoms with Gasteiger partial charge in [-0.2, -0.15) is 13.2 Å². The van der Waals surface area contributed by atoms with Crippen LogP contribution < -0.4 is 9.64 Å². The smallest absolute Gasteiger partial charge is 0.471 e. The summed E-state index contributed by atoms with van der Waals surface area (Å²) < 4.78 is 52.7. The summed E-state index contributed by atoms with van der Waals surface area (Å²) in [5.41, 5.74) is 0.164. The second-order valence-electron chi connectivity index (χ2n) is 8.75. The zero-order chi connectivity index (χ0) is 27.8. The predicted octanol–water partition coefficient (Wildman–Crippen LogP) is 7.22. The van der Waals surface area contributed by atoms with Gasteiger partial charge in [-0.1, -0.05) is 66.1 Å². The molecule has 0 unspecified atom stereocenters. The summed E-state index contributed by atoms with van der Waals surface area (Å²) in [7, 11) is 0. The van der Waals surface area contributed by atoms with E-state index < -0.39 is 23.6 Å². The fraction of sp³-hybridized carbons (Fsp3) is 0.296. The summed E-state index contributed by atoms with van der Waals surface area (Å²) in [4.78, 5) is 27.4. The zero-order valence-corrected chi connectivity index (χ0v) is 23.4. The number of thioether (sulfide) groups is 2. The molecule has 2 heterocycles. The van der Waals surface area contributed by atoms with E-state index in [1.807, 2.05) is 30.3 Å². The van der Waals surface area contributed by atoms with Gasteiger partial charge in [0.2, 0.25) is 0 Å². The number of carbonyl (C=O) groups is 2. The van der Waals surface area contributed by atoms with Crippen molar-refractivity contribution in [3.8, 4) is 5.75 Å². The molecular formula is C27H24F3NO4S3. The molecule has 0 fully saturated rings. The van der Waals surface area contributed by atoms with Crippen molar-refractivity contribution in [1.82, 2.24) is 0 Å². The summed E-state index contributed by atoms with van der Waals surface area (Å²) in [5, 5.41) is 0. The van der Waals surface area contributed by atoms with Crippen LogP contribution in [-0.4, -0.2) is 41.7 Å². The van der Waals surface area contributed by atoms with E-state index >= 15 is 0 Å². The van der Waals surface area contributed by atoms with Gasteiger partial charge in [0.1, 0.15) is 10.7 Å². The van der Waals surface area contributed by atoms with Crippen LogP contribution in [0.2, 0.25) is 0 Å². The Balaban J connectivity index is 1.95. The monoisotopic (exact) mass is 579 g/mol. The third-order valence-corrected chi connectivity index (χ3v) is 9.20. The molecular weight excluding hydrogens is 555 g/mol. The van der Waals surface area contributed by atoms with Gasteiger partial charge in [-0.25, -0.2) is 4.79 Å². The first-order chi connectivity index (χ1) is 17.9. The third-order valence-electron chi connectivity index (χ3n) is 5.87. The van der Waals surface area contributed by atoms with Crippen molar-refractivity contribution in [1.29, 1.82) is 0 Å². The van der Waals surface area contributed by atoms with Crippen molar-refractivity contribution in [3.05, 3.63) is 68.8 Å². The summed E-state index contributed by atoms with van der Waals surface area (Å²) in [5.74, 6) is -2.10. The van der Waals surface area contributed by atoms with Crippen LogP contribution in [-0.2, 0) is 14.3 Å². The molecule has 1 amide bonds. The standard InChI is InChI=1S/C27H24F3NO4S3/c1-5-34-16-12-13-18-17(14-16)19(22(36)26(3,4)31(18)25(33)27(28,29)30)24-37-20(15-10-8-7-9-11-15)21(38-24)23(32)35-6-2/h7-14H,5-6H2,1-4H3/b24-19-. The molecule has 200 valence electrons. The normalized spacial score (nSPS) is 18.9. The van der Waals surface area contributed by atoms with Gasteiger partial charge in [0.05, 0.1) is 33.5 Å². The highest BCUT2D eigenvalue weighted by Crippen LogP contribution is 2.59. The van der Waals surface area contributed by atoms with Gasteiger partial charge in [0, 0.05) is 16.0 Å². The zero-order valence-electron chi connectivity index (χ0n) is 21.0. The molecule has 2 aromatic rings. The number of amides is 1. The number of carbonyl (C=O) groups excluding carboxylic acids is 2. The highest BCUT2D eigenvalue weighted by atomic mass is 32.2. The van der Waals surface area contributed by atoms with Crippen LogP contribution in [0.1, 0.15) is 38.8 Å². The highest BCUT2D eigenvalue weighted by Gasteiger charge is 2.53. The number of ether oxygens (including phenoxy) is 2. The van der Waals surface area contributed by atoms with E-state index in [0.717, 1.165) is 17.3 Å². The van der Waals surface area contributed by atoms with Gasteiger partial charge in [-0.3, -0.25) is 9.69 Å². The highest BCUT2D eigenvalue weighted by molar-refractivity contribution is 8.32. The number of nitrogens with zero attached hydrogens (tertiary/aromatic N) is 1. The maximum absolute atomic E-state index is 13.7. The number of rotatable bonds is 5. The summed E-state index contributed by atoms with van der Waals surface area (Å²) >= 11 is 8.26. The van der Waals surface area contributed by atoms with Crippen molar-refractivity contribution in [2.24, 2.45) is 0 Å². The van der Waals surface area contributed by atoms with Crippen LogP contribution in [0, 0.1) is 0 Å². The Morgan fingerprint density at radius 3 is 2.32 bits per heavy atom. The van der Waals surface area contributed by atoms with Crippen molar-refractivity contribution in [3.63, 3.8) is 0 Å². The molecule has 5 nitrogen and oxygen atoms in total. The lowest BCUT2D eigenvalue weighted by atomic mass is 9.83. The quantitative estimate of drug-likeness (QED) is 0.211. The summed E-state index contributed by atoms with van der Waals surface area (Å²) in [6.45, 7) is 6.99. The van der Waals surface area contributed by atoms with Gasteiger partial charge in [-0.05, 0) is 51.5 Å². The van der Waals surface area contributed by atoms with Crippen LogP contribution >= 0.6 is 35.7 Å². The molecule has 4 rings (SSSR count). The Bertz CT molecular complexity index is 1370. The topological polar surface area (TPSA) is 55.8 Å². The van der Waals surface area contributed by atoms with Crippen LogP contribution in [0.5, 0.6) is 5.75 Å². The van der Waals surface area contributed by atoms with Crippen molar-refractivity contribution in [2.75, 3.05) is 18.1 Å². The lowest BCUT2D eigenvalue weighted by Gasteiger charge is -2.45. The van der Waals surface area contributed by atoms with E-state index in [1.165, 1.54) is 37.7 Å². The molecule has 0 aliphatic carbocycles. The Morgan fingerprint density at radius 2 is 1.71 bits per heavy atom. The number of esters is 1.